The minimum absolute atomic E-state index is 0.188. The first-order chi connectivity index (χ1) is 14.9. The van der Waals surface area contributed by atoms with Crippen LogP contribution in [0.4, 0.5) is 0 Å². The number of hydrogen-bond donors (Lipinski definition) is 2. The number of H-pyrrole nitrogens is 1. The molecule has 6 nitrogen and oxygen atoms in total. The zero-order valence-corrected chi connectivity index (χ0v) is 18.1. The highest BCUT2D eigenvalue weighted by molar-refractivity contribution is 7.92. The summed E-state index contributed by atoms with van der Waals surface area (Å²) in [5.74, 6) is -0.188. The predicted octanol–water partition coefficient (Wildman–Crippen LogP) is 4.34. The Kier molecular flexibility index (Phi) is 5.61. The molecule has 7 heteroatoms. The molecule has 4 rings (SSSR count). The van der Waals surface area contributed by atoms with Gasteiger partial charge in [-0.05, 0) is 43.2 Å². The lowest BCUT2D eigenvalue weighted by atomic mass is 10.1. The number of aromatic amines is 1. The predicted molar refractivity (Wildman–Crippen MR) is 121 cm³/mol. The average Bonchev–Trinajstić information content (AvgIpc) is 3.21. The van der Waals surface area contributed by atoms with E-state index in [1.54, 1.807) is 50.5 Å². The van der Waals surface area contributed by atoms with Gasteiger partial charge in [0.05, 0.1) is 15.7 Å². The first kappa shape index (κ1) is 20.8. The summed E-state index contributed by atoms with van der Waals surface area (Å²) >= 11 is 0. The number of sulfone groups is 1. The number of hydrogen-bond acceptors (Lipinski definition) is 4. The summed E-state index contributed by atoms with van der Waals surface area (Å²) in [6.07, 6.45) is 3.36. The second-order valence-electron chi connectivity index (χ2n) is 7.61. The van der Waals surface area contributed by atoms with E-state index < -0.39 is 15.1 Å². The van der Waals surface area contributed by atoms with Crippen molar-refractivity contribution >= 4 is 26.8 Å². The van der Waals surface area contributed by atoms with Gasteiger partial charge < -0.3 is 10.3 Å². The van der Waals surface area contributed by atoms with Crippen molar-refractivity contribution in [1.82, 2.24) is 15.3 Å². The number of carbonyl (C=O) groups excluding carboxylic acids is 1. The summed E-state index contributed by atoms with van der Waals surface area (Å²) < 4.78 is 24.7. The van der Waals surface area contributed by atoms with E-state index >= 15 is 0 Å². The van der Waals surface area contributed by atoms with E-state index in [0.29, 0.717) is 28.0 Å². The number of amides is 1. The molecule has 158 valence electrons. The van der Waals surface area contributed by atoms with Crippen LogP contribution in [0.3, 0.4) is 0 Å². The number of fused-ring (bicyclic) bond motifs is 1. The Labute approximate surface area is 181 Å². The Hall–Kier alpha value is -3.45. The van der Waals surface area contributed by atoms with Crippen LogP contribution in [0.15, 0.2) is 78.0 Å². The van der Waals surface area contributed by atoms with Crippen LogP contribution >= 0.6 is 0 Å². The van der Waals surface area contributed by atoms with Crippen molar-refractivity contribution in [3.63, 3.8) is 0 Å². The Morgan fingerprint density at radius 3 is 2.42 bits per heavy atom. The number of aromatic nitrogens is 2. The summed E-state index contributed by atoms with van der Waals surface area (Å²) in [5, 5.41) is 3.17. The molecule has 0 saturated heterocycles. The van der Waals surface area contributed by atoms with Gasteiger partial charge in [0.25, 0.3) is 5.91 Å². The maximum Gasteiger partial charge on any atom is 0.253 e. The van der Waals surface area contributed by atoms with Gasteiger partial charge in [-0.25, -0.2) is 13.4 Å². The van der Waals surface area contributed by atoms with Crippen LogP contribution in [0.25, 0.3) is 22.2 Å². The van der Waals surface area contributed by atoms with E-state index in [0.717, 1.165) is 16.7 Å². The van der Waals surface area contributed by atoms with Crippen molar-refractivity contribution in [2.45, 2.75) is 30.5 Å². The second kappa shape index (κ2) is 8.35. The first-order valence-corrected chi connectivity index (χ1v) is 11.5. The number of nitrogens with one attached hydrogen (secondary N) is 2. The molecule has 0 atom stereocenters. The first-order valence-electron chi connectivity index (χ1n) is 10.00. The van der Waals surface area contributed by atoms with E-state index in [-0.39, 0.29) is 5.91 Å². The minimum Gasteiger partial charge on any atom is -0.348 e. The Morgan fingerprint density at radius 1 is 1.03 bits per heavy atom. The highest BCUT2D eigenvalue weighted by atomic mass is 32.2. The van der Waals surface area contributed by atoms with E-state index in [2.05, 4.69) is 15.3 Å². The lowest BCUT2D eigenvalue weighted by molar-refractivity contribution is 0.0952. The van der Waals surface area contributed by atoms with Crippen LogP contribution in [0.1, 0.15) is 29.8 Å². The van der Waals surface area contributed by atoms with Gasteiger partial charge in [0.2, 0.25) is 0 Å². The number of rotatable bonds is 6. The number of benzene rings is 2. The summed E-state index contributed by atoms with van der Waals surface area (Å²) in [7, 11) is -3.32. The zero-order valence-electron chi connectivity index (χ0n) is 17.3. The van der Waals surface area contributed by atoms with Crippen molar-refractivity contribution in [2.24, 2.45) is 0 Å². The molecule has 4 aromatic rings. The Bertz CT molecular complexity index is 1330. The summed E-state index contributed by atoms with van der Waals surface area (Å²) in [4.78, 5) is 20.5. The van der Waals surface area contributed by atoms with Crippen LogP contribution in [0.2, 0.25) is 0 Å². The minimum atomic E-state index is -3.32. The lowest BCUT2D eigenvalue weighted by Crippen LogP contribution is -2.22. The monoisotopic (exact) mass is 433 g/mol. The molecule has 0 unspecified atom stereocenters. The fourth-order valence-corrected chi connectivity index (χ4v) is 4.39. The third kappa shape index (κ3) is 4.22. The largest absolute Gasteiger partial charge is 0.348 e. The van der Waals surface area contributed by atoms with Gasteiger partial charge in [0, 0.05) is 29.9 Å². The van der Waals surface area contributed by atoms with Crippen LogP contribution in [-0.2, 0) is 16.4 Å². The number of nitrogens with zero attached hydrogens (tertiary/aromatic N) is 1. The average molecular weight is 434 g/mol. The van der Waals surface area contributed by atoms with Gasteiger partial charge in [-0.2, -0.15) is 0 Å². The molecule has 0 aliphatic heterocycles. The molecular formula is C24H23N3O3S. The molecule has 0 bridgehead atoms. The molecule has 0 radical (unpaired) electrons. The molecule has 0 saturated carbocycles. The summed E-state index contributed by atoms with van der Waals surface area (Å²) in [6, 6.07) is 18.3. The standard InChI is InChI=1S/C24H23N3O3S/c1-16(2)31(29,30)20-10-8-18(9-11-20)19-12-21-22(15-26-23(21)25-14-19)24(28)27-13-17-6-4-3-5-7-17/h3-12,14-16H,13H2,1-2H3,(H,25,26)(H,27,28). The molecule has 0 aliphatic carbocycles. The smallest absolute Gasteiger partial charge is 0.253 e. The fourth-order valence-electron chi connectivity index (χ4n) is 3.33. The lowest BCUT2D eigenvalue weighted by Gasteiger charge is -2.09. The summed E-state index contributed by atoms with van der Waals surface area (Å²) in [6.45, 7) is 3.76. The van der Waals surface area contributed by atoms with Crippen LogP contribution in [0, 0.1) is 0 Å². The molecule has 31 heavy (non-hydrogen) atoms. The van der Waals surface area contributed by atoms with Gasteiger partial charge in [0.15, 0.2) is 9.84 Å². The highest BCUT2D eigenvalue weighted by Gasteiger charge is 2.19. The quantitative estimate of drug-likeness (QED) is 0.473. The molecular weight excluding hydrogens is 410 g/mol. The van der Waals surface area contributed by atoms with Crippen molar-refractivity contribution in [3.05, 3.63) is 84.2 Å². The van der Waals surface area contributed by atoms with E-state index in [4.69, 9.17) is 0 Å². The van der Waals surface area contributed by atoms with Crippen LogP contribution < -0.4 is 5.32 Å². The van der Waals surface area contributed by atoms with Gasteiger partial charge >= 0.3 is 0 Å². The maximum absolute atomic E-state index is 12.7. The van der Waals surface area contributed by atoms with Crippen molar-refractivity contribution < 1.29 is 13.2 Å². The van der Waals surface area contributed by atoms with Crippen molar-refractivity contribution in [3.8, 4) is 11.1 Å². The van der Waals surface area contributed by atoms with E-state index in [1.165, 1.54) is 0 Å². The number of carbonyl (C=O) groups is 1. The van der Waals surface area contributed by atoms with Crippen molar-refractivity contribution in [1.29, 1.82) is 0 Å². The Balaban J connectivity index is 1.60. The SMILES string of the molecule is CC(C)S(=O)(=O)c1ccc(-c2cnc3[nH]cc(C(=O)NCc4ccccc4)c3c2)cc1. The molecule has 2 heterocycles. The third-order valence-electron chi connectivity index (χ3n) is 5.21. The van der Waals surface area contributed by atoms with Gasteiger partial charge in [-0.1, -0.05) is 42.5 Å². The van der Waals surface area contributed by atoms with Gasteiger partial charge in [-0.3, -0.25) is 4.79 Å². The molecule has 0 aliphatic rings. The Morgan fingerprint density at radius 2 is 1.74 bits per heavy atom. The molecule has 2 aromatic carbocycles. The molecule has 2 aromatic heterocycles. The van der Waals surface area contributed by atoms with Crippen LogP contribution in [-0.4, -0.2) is 29.5 Å². The maximum atomic E-state index is 12.7. The van der Waals surface area contributed by atoms with Gasteiger partial charge in [-0.15, -0.1) is 0 Å². The second-order valence-corrected chi connectivity index (χ2v) is 10.1. The van der Waals surface area contributed by atoms with E-state index in [1.807, 2.05) is 36.4 Å². The number of pyridine rings is 1. The molecule has 1 amide bonds. The molecule has 0 spiro atoms. The van der Waals surface area contributed by atoms with E-state index in [9.17, 15) is 13.2 Å². The topological polar surface area (TPSA) is 91.9 Å². The summed E-state index contributed by atoms with van der Waals surface area (Å²) in [5.41, 5.74) is 3.78. The van der Waals surface area contributed by atoms with Crippen LogP contribution in [0.5, 0.6) is 0 Å². The van der Waals surface area contributed by atoms with Gasteiger partial charge in [0.1, 0.15) is 5.65 Å². The van der Waals surface area contributed by atoms with Crippen molar-refractivity contribution in [2.75, 3.05) is 0 Å². The molecule has 2 N–H and O–H groups in total. The zero-order chi connectivity index (χ0) is 22.0. The third-order valence-corrected chi connectivity index (χ3v) is 7.38. The normalized spacial score (nSPS) is 11.7. The molecule has 0 fully saturated rings. The fraction of sp³-hybridized carbons (Fsp3) is 0.167. The highest BCUT2D eigenvalue weighted by Crippen LogP contribution is 2.26.